The molecule has 11 heteroatoms. The number of anilines is 1. The molecule has 0 atom stereocenters. The van der Waals surface area contributed by atoms with Gasteiger partial charge >= 0.3 is 12.8 Å². The van der Waals surface area contributed by atoms with Gasteiger partial charge in [0.1, 0.15) is 12.3 Å². The second-order valence-electron chi connectivity index (χ2n) is 4.83. The number of rotatable bonds is 5. The molecule has 0 saturated carbocycles. The normalized spacial score (nSPS) is 11.7. The van der Waals surface area contributed by atoms with Crippen LogP contribution in [-0.4, -0.2) is 22.3 Å². The molecular weight excluding hydrogens is 373 g/mol. The van der Waals surface area contributed by atoms with E-state index in [1.54, 1.807) is 0 Å². The monoisotopic (exact) mass is 383 g/mol. The van der Waals surface area contributed by atoms with E-state index in [-0.39, 0.29) is 17.1 Å². The summed E-state index contributed by atoms with van der Waals surface area (Å²) in [6.07, 6.45) is -4.76. The molecule has 0 fully saturated rings. The van der Waals surface area contributed by atoms with E-state index in [9.17, 15) is 26.7 Å². The summed E-state index contributed by atoms with van der Waals surface area (Å²) >= 11 is 5.59. The van der Waals surface area contributed by atoms with Crippen molar-refractivity contribution in [1.82, 2.24) is 9.78 Å². The molecule has 2 aromatic rings. The van der Waals surface area contributed by atoms with Crippen LogP contribution >= 0.6 is 11.6 Å². The first-order valence-electron chi connectivity index (χ1n) is 6.73. The first kappa shape index (κ1) is 19.0. The van der Waals surface area contributed by atoms with E-state index in [4.69, 9.17) is 11.6 Å². The van der Waals surface area contributed by atoms with Crippen LogP contribution in [0.4, 0.5) is 27.6 Å². The van der Waals surface area contributed by atoms with Crippen molar-refractivity contribution in [2.75, 3.05) is 5.32 Å². The summed E-state index contributed by atoms with van der Waals surface area (Å²) in [4.78, 5) is 12.0. The van der Waals surface area contributed by atoms with E-state index >= 15 is 0 Å². The molecule has 0 spiro atoms. The molecule has 0 aliphatic rings. The molecule has 0 aliphatic heterocycles. The number of amides is 1. The Morgan fingerprint density at radius 1 is 1.36 bits per heavy atom. The number of carbonyl (C=O) groups is 1. The minimum Gasteiger partial charge on any atom is -0.433 e. The number of aromatic nitrogens is 2. The maximum Gasteiger partial charge on any atom is 0.436 e. The number of hydrogen-bond acceptors (Lipinski definition) is 3. The van der Waals surface area contributed by atoms with E-state index in [1.807, 2.05) is 0 Å². The van der Waals surface area contributed by atoms with Crippen LogP contribution in [0.5, 0.6) is 5.75 Å². The Hall–Kier alpha value is -2.36. The highest BCUT2D eigenvalue weighted by atomic mass is 35.5. The van der Waals surface area contributed by atoms with Crippen LogP contribution in [0.1, 0.15) is 11.4 Å². The van der Waals surface area contributed by atoms with Gasteiger partial charge in [0.2, 0.25) is 5.91 Å². The van der Waals surface area contributed by atoms with Gasteiger partial charge in [-0.05, 0) is 19.1 Å². The highest BCUT2D eigenvalue weighted by Crippen LogP contribution is 2.35. The Kier molecular flexibility index (Phi) is 5.51. The molecule has 136 valence electrons. The molecule has 1 N–H and O–H groups in total. The Balaban J connectivity index is 2.17. The van der Waals surface area contributed by atoms with E-state index in [2.05, 4.69) is 15.2 Å². The molecule has 5 nitrogen and oxygen atoms in total. The van der Waals surface area contributed by atoms with E-state index in [0.717, 1.165) is 4.68 Å². The van der Waals surface area contributed by atoms with Crippen LogP contribution in [0.3, 0.4) is 0 Å². The molecule has 25 heavy (non-hydrogen) atoms. The van der Waals surface area contributed by atoms with Gasteiger partial charge in [-0.2, -0.15) is 27.1 Å². The molecule has 1 aromatic carbocycles. The largest absolute Gasteiger partial charge is 0.436 e. The molecule has 1 aromatic heterocycles. The van der Waals surface area contributed by atoms with Crippen molar-refractivity contribution in [3.63, 3.8) is 0 Å². The zero-order valence-electron chi connectivity index (χ0n) is 12.6. The summed E-state index contributed by atoms with van der Waals surface area (Å²) in [6.45, 7) is -2.42. The van der Waals surface area contributed by atoms with Crippen LogP contribution in [0, 0.1) is 6.92 Å². The third-order valence-electron chi connectivity index (χ3n) is 3.07. The van der Waals surface area contributed by atoms with Crippen molar-refractivity contribution >= 4 is 23.2 Å². The minimum atomic E-state index is -4.76. The van der Waals surface area contributed by atoms with Crippen LogP contribution in [0.2, 0.25) is 5.02 Å². The van der Waals surface area contributed by atoms with Gasteiger partial charge in [-0.3, -0.25) is 9.48 Å². The Morgan fingerprint density at radius 2 is 2.00 bits per heavy atom. The molecule has 0 radical (unpaired) electrons. The molecule has 1 heterocycles. The SMILES string of the molecule is Cc1c(Cl)c(C(F)(F)F)nn1CC(=O)Nc1ccccc1OC(F)F. The molecule has 0 unspecified atom stereocenters. The second kappa shape index (κ2) is 7.26. The standard InChI is InChI=1S/C14H11ClF5N3O2/c1-7-11(15)12(14(18,19)20)22-23(7)6-10(24)21-8-4-2-3-5-9(8)25-13(16)17/h2-5,13H,6H2,1H3,(H,21,24). The maximum atomic E-state index is 12.8. The van der Waals surface area contributed by atoms with Crippen molar-refractivity contribution in [1.29, 1.82) is 0 Å². The van der Waals surface area contributed by atoms with Gasteiger partial charge in [0, 0.05) is 0 Å². The summed E-state index contributed by atoms with van der Waals surface area (Å²) < 4.78 is 67.9. The number of ether oxygens (including phenoxy) is 1. The summed E-state index contributed by atoms with van der Waals surface area (Å²) in [6, 6.07) is 5.39. The third-order valence-corrected chi connectivity index (χ3v) is 3.53. The average Bonchev–Trinajstić information content (AvgIpc) is 2.77. The Morgan fingerprint density at radius 3 is 2.56 bits per heavy atom. The van der Waals surface area contributed by atoms with Crippen molar-refractivity contribution in [3.05, 3.63) is 40.7 Å². The van der Waals surface area contributed by atoms with Crippen molar-refractivity contribution in [3.8, 4) is 5.75 Å². The van der Waals surface area contributed by atoms with Gasteiger partial charge in [0.05, 0.1) is 16.4 Å². The summed E-state index contributed by atoms with van der Waals surface area (Å²) in [7, 11) is 0. The smallest absolute Gasteiger partial charge is 0.433 e. The highest BCUT2D eigenvalue weighted by Gasteiger charge is 2.38. The van der Waals surface area contributed by atoms with Crippen LogP contribution in [0.25, 0.3) is 0 Å². The van der Waals surface area contributed by atoms with Crippen molar-refractivity contribution < 1.29 is 31.5 Å². The van der Waals surface area contributed by atoms with E-state index in [0.29, 0.717) is 0 Å². The quantitative estimate of drug-likeness (QED) is 0.791. The zero-order valence-corrected chi connectivity index (χ0v) is 13.3. The summed E-state index contributed by atoms with van der Waals surface area (Å²) in [5.74, 6) is -1.07. The van der Waals surface area contributed by atoms with E-state index < -0.39 is 36.0 Å². The molecule has 2 rings (SSSR count). The third kappa shape index (κ3) is 4.59. The summed E-state index contributed by atoms with van der Waals surface area (Å²) in [5, 5.41) is 4.95. The van der Waals surface area contributed by atoms with E-state index in [1.165, 1.54) is 31.2 Å². The summed E-state index contributed by atoms with van der Waals surface area (Å²) in [5.41, 5.74) is -1.41. The first-order chi connectivity index (χ1) is 11.6. The van der Waals surface area contributed by atoms with Crippen LogP contribution in [0.15, 0.2) is 24.3 Å². The van der Waals surface area contributed by atoms with Gasteiger partial charge in [-0.1, -0.05) is 23.7 Å². The molecule has 0 bridgehead atoms. The van der Waals surface area contributed by atoms with Gasteiger partial charge in [-0.25, -0.2) is 0 Å². The maximum absolute atomic E-state index is 12.8. The highest BCUT2D eigenvalue weighted by molar-refractivity contribution is 6.32. The number of para-hydroxylation sites is 2. The van der Waals surface area contributed by atoms with Crippen molar-refractivity contribution in [2.45, 2.75) is 26.3 Å². The number of carbonyl (C=O) groups excluding carboxylic acids is 1. The number of alkyl halides is 5. The van der Waals surface area contributed by atoms with Gasteiger partial charge in [0.25, 0.3) is 0 Å². The fourth-order valence-electron chi connectivity index (χ4n) is 1.95. The molecule has 1 amide bonds. The number of benzene rings is 1. The molecule has 0 aliphatic carbocycles. The van der Waals surface area contributed by atoms with Crippen LogP contribution < -0.4 is 10.1 Å². The number of hydrogen-bond donors (Lipinski definition) is 1. The lowest BCUT2D eigenvalue weighted by molar-refractivity contribution is -0.141. The van der Waals surface area contributed by atoms with Crippen LogP contribution in [-0.2, 0) is 17.5 Å². The zero-order chi connectivity index (χ0) is 18.8. The lowest BCUT2D eigenvalue weighted by Gasteiger charge is -2.12. The first-order valence-corrected chi connectivity index (χ1v) is 7.11. The Labute approximate surface area is 143 Å². The second-order valence-corrected chi connectivity index (χ2v) is 5.20. The fraction of sp³-hybridized carbons (Fsp3) is 0.286. The molecular formula is C14H11ClF5N3O2. The van der Waals surface area contributed by atoms with Gasteiger partial charge in [-0.15, -0.1) is 0 Å². The lowest BCUT2D eigenvalue weighted by Crippen LogP contribution is -2.21. The van der Waals surface area contributed by atoms with Gasteiger partial charge < -0.3 is 10.1 Å². The topological polar surface area (TPSA) is 56.2 Å². The predicted octanol–water partition coefficient (Wildman–Crippen LogP) is 4.10. The minimum absolute atomic E-state index is 0.0544. The van der Waals surface area contributed by atoms with Gasteiger partial charge in [0.15, 0.2) is 5.69 Å². The Bertz CT molecular complexity index is 776. The number of nitrogens with zero attached hydrogens (tertiary/aromatic N) is 2. The predicted molar refractivity (Wildman–Crippen MR) is 78.7 cm³/mol. The number of nitrogens with one attached hydrogen (secondary N) is 1. The number of halogens is 6. The average molecular weight is 384 g/mol. The lowest BCUT2D eigenvalue weighted by atomic mass is 10.3. The fourth-order valence-corrected chi connectivity index (χ4v) is 2.20. The molecule has 0 saturated heterocycles. The van der Waals surface area contributed by atoms with Crippen molar-refractivity contribution in [2.24, 2.45) is 0 Å².